The molecule has 0 spiro atoms. The van der Waals surface area contributed by atoms with Gasteiger partial charge in [-0.05, 0) is 31.9 Å². The highest BCUT2D eigenvalue weighted by molar-refractivity contribution is 7.15. The summed E-state index contributed by atoms with van der Waals surface area (Å²) in [6, 6.07) is 3.17. The lowest BCUT2D eigenvalue weighted by atomic mass is 10.1. The summed E-state index contributed by atoms with van der Waals surface area (Å²) >= 11 is 1.56. The van der Waals surface area contributed by atoms with Crippen molar-refractivity contribution in [1.82, 2.24) is 9.97 Å². The minimum atomic E-state index is -0.942. The number of hydrogen-bond acceptors (Lipinski definition) is 5. The van der Waals surface area contributed by atoms with Gasteiger partial charge in [-0.15, -0.1) is 11.3 Å². The maximum atomic E-state index is 11.2. The van der Waals surface area contributed by atoms with Crippen LogP contribution in [0.1, 0.15) is 46.9 Å². The molecule has 0 atom stereocenters. The molecular formula is C15H19N3O2S. The lowest BCUT2D eigenvalue weighted by molar-refractivity contribution is 0.0696. The Bertz CT molecular complexity index is 652. The van der Waals surface area contributed by atoms with Crippen molar-refractivity contribution in [1.29, 1.82) is 0 Å². The summed E-state index contributed by atoms with van der Waals surface area (Å²) in [6.45, 7) is 6.14. The predicted molar refractivity (Wildman–Crippen MR) is 84.7 cm³/mol. The fourth-order valence-corrected chi connectivity index (χ4v) is 2.99. The molecule has 2 aromatic rings. The molecule has 0 aliphatic rings. The Balaban J connectivity index is 2.31. The van der Waals surface area contributed by atoms with Crippen LogP contribution in [0.5, 0.6) is 0 Å². The van der Waals surface area contributed by atoms with E-state index in [2.05, 4.69) is 22.2 Å². The molecule has 2 rings (SSSR count). The highest BCUT2D eigenvalue weighted by Gasteiger charge is 2.11. The Morgan fingerprint density at radius 3 is 2.67 bits per heavy atom. The van der Waals surface area contributed by atoms with Crippen LogP contribution in [-0.2, 0) is 12.8 Å². The van der Waals surface area contributed by atoms with Crippen molar-refractivity contribution in [2.45, 2.75) is 40.0 Å². The number of carboxylic acids is 1. The van der Waals surface area contributed by atoms with Crippen LogP contribution in [0.2, 0.25) is 0 Å². The summed E-state index contributed by atoms with van der Waals surface area (Å²) < 4.78 is 0. The molecule has 6 heteroatoms. The van der Waals surface area contributed by atoms with Crippen molar-refractivity contribution in [2.75, 3.05) is 5.32 Å². The van der Waals surface area contributed by atoms with Gasteiger partial charge in [0.1, 0.15) is 5.82 Å². The Hall–Kier alpha value is -1.95. The first-order chi connectivity index (χ1) is 10.0. The zero-order valence-electron chi connectivity index (χ0n) is 12.4. The quantitative estimate of drug-likeness (QED) is 0.849. The van der Waals surface area contributed by atoms with Crippen molar-refractivity contribution in [3.63, 3.8) is 0 Å². The molecule has 0 saturated heterocycles. The number of nitrogens with one attached hydrogen (secondary N) is 1. The first-order valence-electron chi connectivity index (χ1n) is 7.01. The second-order valence-electron chi connectivity index (χ2n) is 4.79. The van der Waals surface area contributed by atoms with Crippen LogP contribution >= 0.6 is 11.3 Å². The average Bonchev–Trinajstić information content (AvgIpc) is 2.78. The maximum Gasteiger partial charge on any atom is 0.335 e. The first-order valence-corrected chi connectivity index (χ1v) is 7.82. The normalized spacial score (nSPS) is 10.6. The van der Waals surface area contributed by atoms with Crippen molar-refractivity contribution in [3.05, 3.63) is 34.0 Å². The fourth-order valence-electron chi connectivity index (χ4n) is 2.08. The van der Waals surface area contributed by atoms with E-state index in [0.717, 1.165) is 35.8 Å². The number of carbonyl (C=O) groups is 1. The molecule has 2 aromatic heterocycles. The molecule has 0 aromatic carbocycles. The molecule has 0 aliphatic carbocycles. The minimum Gasteiger partial charge on any atom is -0.478 e. The Morgan fingerprint density at radius 1 is 1.33 bits per heavy atom. The van der Waals surface area contributed by atoms with E-state index in [1.807, 2.05) is 13.8 Å². The topological polar surface area (TPSA) is 75.1 Å². The lowest BCUT2D eigenvalue weighted by Crippen LogP contribution is -2.03. The molecule has 2 N–H and O–H groups in total. The number of aromatic nitrogens is 2. The van der Waals surface area contributed by atoms with Gasteiger partial charge in [0.05, 0.1) is 11.3 Å². The molecule has 0 unspecified atom stereocenters. The molecule has 2 heterocycles. The summed E-state index contributed by atoms with van der Waals surface area (Å²) in [4.78, 5) is 21.3. The molecular weight excluding hydrogens is 286 g/mol. The minimum absolute atomic E-state index is 0.250. The summed E-state index contributed by atoms with van der Waals surface area (Å²) in [5.74, 6) is -0.405. The number of carboxylic acid groups (broad SMARTS) is 1. The van der Waals surface area contributed by atoms with Crippen LogP contribution in [0.3, 0.4) is 0 Å². The zero-order chi connectivity index (χ0) is 15.4. The number of rotatable bonds is 6. The molecule has 5 nitrogen and oxygen atoms in total. The van der Waals surface area contributed by atoms with Gasteiger partial charge >= 0.3 is 5.97 Å². The monoisotopic (exact) mass is 305 g/mol. The van der Waals surface area contributed by atoms with E-state index in [1.165, 1.54) is 4.88 Å². The third-order valence-electron chi connectivity index (χ3n) is 3.09. The second kappa shape index (κ2) is 6.67. The largest absolute Gasteiger partial charge is 0.478 e. The van der Waals surface area contributed by atoms with Crippen molar-refractivity contribution >= 4 is 28.3 Å². The predicted octanol–water partition coefficient (Wildman–Crippen LogP) is 3.80. The van der Waals surface area contributed by atoms with Crippen LogP contribution in [-0.4, -0.2) is 21.0 Å². The summed E-state index contributed by atoms with van der Waals surface area (Å²) in [6.07, 6.45) is 2.56. The summed E-state index contributed by atoms with van der Waals surface area (Å²) in [5.41, 5.74) is 2.09. The van der Waals surface area contributed by atoms with E-state index in [1.54, 1.807) is 23.5 Å². The average molecular weight is 305 g/mol. The SMILES string of the molecule is CCCc1cc(C(=O)O)cc(Nc2nc(CC)c(C)s2)n1. The number of anilines is 2. The van der Waals surface area contributed by atoms with Gasteiger partial charge in [0.15, 0.2) is 5.13 Å². The van der Waals surface area contributed by atoms with Crippen LogP contribution < -0.4 is 5.32 Å². The van der Waals surface area contributed by atoms with Crippen LogP contribution in [0, 0.1) is 6.92 Å². The van der Waals surface area contributed by atoms with Gasteiger partial charge in [-0.1, -0.05) is 20.3 Å². The van der Waals surface area contributed by atoms with Gasteiger partial charge in [0.25, 0.3) is 0 Å². The molecule has 21 heavy (non-hydrogen) atoms. The number of nitrogens with zero attached hydrogens (tertiary/aromatic N) is 2. The van der Waals surface area contributed by atoms with Gasteiger partial charge in [-0.2, -0.15) is 0 Å². The van der Waals surface area contributed by atoms with Gasteiger partial charge in [-0.25, -0.2) is 14.8 Å². The second-order valence-corrected chi connectivity index (χ2v) is 5.99. The zero-order valence-corrected chi connectivity index (χ0v) is 13.3. The number of thiazole rings is 1. The fraction of sp³-hybridized carbons (Fsp3) is 0.400. The molecule has 0 radical (unpaired) electrons. The van der Waals surface area contributed by atoms with Crippen molar-refractivity contribution < 1.29 is 9.90 Å². The molecule has 0 fully saturated rings. The van der Waals surface area contributed by atoms with E-state index < -0.39 is 5.97 Å². The standard InChI is InChI=1S/C15H19N3O2S/c1-4-6-11-7-10(14(19)20)8-13(16-11)18-15-17-12(5-2)9(3)21-15/h7-8H,4-6H2,1-3H3,(H,19,20)(H,16,17,18). The maximum absolute atomic E-state index is 11.2. The van der Waals surface area contributed by atoms with E-state index >= 15 is 0 Å². The molecule has 0 bridgehead atoms. The van der Waals surface area contributed by atoms with E-state index in [-0.39, 0.29) is 5.56 Å². The van der Waals surface area contributed by atoms with Crippen LogP contribution in [0.15, 0.2) is 12.1 Å². The highest BCUT2D eigenvalue weighted by atomic mass is 32.1. The number of aryl methyl sites for hydroxylation is 3. The first kappa shape index (κ1) is 15.4. The number of aromatic carboxylic acids is 1. The number of pyridine rings is 1. The van der Waals surface area contributed by atoms with Gasteiger partial charge < -0.3 is 10.4 Å². The van der Waals surface area contributed by atoms with Gasteiger partial charge in [0.2, 0.25) is 0 Å². The molecule has 0 saturated carbocycles. The Kier molecular flexibility index (Phi) is 4.90. The summed E-state index contributed by atoms with van der Waals surface area (Å²) in [5, 5.41) is 13.1. The van der Waals surface area contributed by atoms with Gasteiger partial charge in [0, 0.05) is 10.6 Å². The number of hydrogen-bond donors (Lipinski definition) is 2. The van der Waals surface area contributed by atoms with Crippen LogP contribution in [0.25, 0.3) is 0 Å². The molecule has 112 valence electrons. The lowest BCUT2D eigenvalue weighted by Gasteiger charge is -2.06. The van der Waals surface area contributed by atoms with E-state index in [4.69, 9.17) is 0 Å². The third kappa shape index (κ3) is 3.78. The smallest absolute Gasteiger partial charge is 0.335 e. The molecule has 0 aliphatic heterocycles. The highest BCUT2D eigenvalue weighted by Crippen LogP contribution is 2.25. The summed E-state index contributed by atoms with van der Waals surface area (Å²) in [7, 11) is 0. The third-order valence-corrected chi connectivity index (χ3v) is 4.02. The van der Waals surface area contributed by atoms with E-state index in [9.17, 15) is 9.90 Å². The van der Waals surface area contributed by atoms with Crippen LogP contribution in [0.4, 0.5) is 10.9 Å². The molecule has 0 amide bonds. The van der Waals surface area contributed by atoms with Crippen molar-refractivity contribution in [2.24, 2.45) is 0 Å². The van der Waals surface area contributed by atoms with Gasteiger partial charge in [-0.3, -0.25) is 0 Å². The van der Waals surface area contributed by atoms with Crippen molar-refractivity contribution in [3.8, 4) is 0 Å². The van der Waals surface area contributed by atoms with E-state index in [0.29, 0.717) is 5.82 Å². The Labute approximate surface area is 128 Å². The Morgan fingerprint density at radius 2 is 2.10 bits per heavy atom.